The number of carbonyl (C=O) groups is 1. The molecule has 0 unspecified atom stereocenters. The lowest BCUT2D eigenvalue weighted by atomic mass is 10.3. The number of anilines is 1. The molecule has 1 heterocycles. The number of hydrogen-bond acceptors (Lipinski definition) is 4. The highest BCUT2D eigenvalue weighted by molar-refractivity contribution is 6.32. The van der Waals surface area contributed by atoms with Crippen molar-refractivity contribution >= 4 is 29.0 Å². The molecule has 0 spiro atoms. The first-order valence-corrected chi connectivity index (χ1v) is 6.71. The summed E-state index contributed by atoms with van der Waals surface area (Å²) in [7, 11) is 1.61. The van der Waals surface area contributed by atoms with Gasteiger partial charge in [0.15, 0.2) is 0 Å². The number of rotatable bonds is 4. The molecule has 7 nitrogen and oxygen atoms in total. The summed E-state index contributed by atoms with van der Waals surface area (Å²) in [6.07, 6.45) is 1.64. The predicted octanol–water partition coefficient (Wildman–Crippen LogP) is 3.31. The normalized spacial score (nSPS) is 10.1. The van der Waals surface area contributed by atoms with Crippen LogP contribution in [0.3, 0.4) is 0 Å². The minimum absolute atomic E-state index is 0.0184. The zero-order chi connectivity index (χ0) is 16.1. The molecule has 2 rings (SSSR count). The molecule has 0 saturated carbocycles. The van der Waals surface area contributed by atoms with Crippen LogP contribution in [0.15, 0.2) is 42.6 Å². The highest BCUT2D eigenvalue weighted by Gasteiger charge is 2.15. The molecule has 1 N–H and O–H groups in total. The Morgan fingerprint density at radius 3 is 2.82 bits per heavy atom. The Hall–Kier alpha value is -2.67. The summed E-state index contributed by atoms with van der Waals surface area (Å²) in [6, 6.07) is 9.11. The van der Waals surface area contributed by atoms with E-state index in [0.717, 1.165) is 5.69 Å². The fourth-order valence-electron chi connectivity index (χ4n) is 1.76. The van der Waals surface area contributed by atoms with Crippen molar-refractivity contribution in [3.8, 4) is 0 Å². The van der Waals surface area contributed by atoms with Gasteiger partial charge in [-0.05, 0) is 24.3 Å². The van der Waals surface area contributed by atoms with E-state index < -0.39 is 11.0 Å². The molecule has 0 radical (unpaired) electrons. The van der Waals surface area contributed by atoms with E-state index in [-0.39, 0.29) is 10.7 Å². The van der Waals surface area contributed by atoms with E-state index >= 15 is 0 Å². The number of nitro groups is 1. The van der Waals surface area contributed by atoms with Gasteiger partial charge in [-0.3, -0.25) is 15.1 Å². The van der Waals surface area contributed by atoms with Crippen molar-refractivity contribution in [2.24, 2.45) is 0 Å². The standard InChI is InChI=1S/C14H13ClN4O3/c1-18(9-11-4-2-3-7-16-11)14(20)17-10-5-6-12(15)13(8-10)19(21)22/h2-8H,9H2,1H3,(H,17,20). The van der Waals surface area contributed by atoms with Gasteiger partial charge in [-0.2, -0.15) is 0 Å². The molecule has 22 heavy (non-hydrogen) atoms. The van der Waals surface area contributed by atoms with Crippen LogP contribution in [0.5, 0.6) is 0 Å². The summed E-state index contributed by atoms with van der Waals surface area (Å²) >= 11 is 5.72. The van der Waals surface area contributed by atoms with Crippen molar-refractivity contribution in [1.29, 1.82) is 0 Å². The summed E-state index contributed by atoms with van der Waals surface area (Å²) in [5.41, 5.74) is 0.781. The molecule has 2 aromatic rings. The number of pyridine rings is 1. The van der Waals surface area contributed by atoms with Crippen LogP contribution in [0.1, 0.15) is 5.69 Å². The van der Waals surface area contributed by atoms with E-state index in [2.05, 4.69) is 10.3 Å². The molecule has 8 heteroatoms. The number of nitro benzene ring substituents is 1. The summed E-state index contributed by atoms with van der Waals surface area (Å²) in [5.74, 6) is 0. The Morgan fingerprint density at radius 2 is 2.18 bits per heavy atom. The molecule has 0 saturated heterocycles. The number of aromatic nitrogens is 1. The number of benzene rings is 1. The van der Waals surface area contributed by atoms with E-state index in [1.165, 1.54) is 23.1 Å². The van der Waals surface area contributed by atoms with Crippen molar-refractivity contribution in [2.75, 3.05) is 12.4 Å². The second-order valence-corrected chi connectivity index (χ2v) is 4.94. The molecule has 0 atom stereocenters. The van der Waals surface area contributed by atoms with Crippen molar-refractivity contribution in [3.63, 3.8) is 0 Å². The van der Waals surface area contributed by atoms with Gasteiger partial charge in [0.2, 0.25) is 0 Å². The van der Waals surface area contributed by atoms with E-state index in [4.69, 9.17) is 11.6 Å². The van der Waals surface area contributed by atoms with Gasteiger partial charge in [0.25, 0.3) is 5.69 Å². The molecule has 0 bridgehead atoms. The number of halogens is 1. The van der Waals surface area contributed by atoms with Crippen LogP contribution in [0.4, 0.5) is 16.2 Å². The van der Waals surface area contributed by atoms with Crippen LogP contribution in [-0.4, -0.2) is 27.9 Å². The topological polar surface area (TPSA) is 88.4 Å². The van der Waals surface area contributed by atoms with Gasteiger partial charge in [-0.15, -0.1) is 0 Å². The zero-order valence-corrected chi connectivity index (χ0v) is 12.4. The van der Waals surface area contributed by atoms with Crippen molar-refractivity contribution < 1.29 is 9.72 Å². The summed E-state index contributed by atoms with van der Waals surface area (Å²) in [6.45, 7) is 0.322. The lowest BCUT2D eigenvalue weighted by molar-refractivity contribution is -0.384. The fourth-order valence-corrected chi connectivity index (χ4v) is 1.94. The number of amides is 2. The van der Waals surface area contributed by atoms with Gasteiger partial charge in [-0.25, -0.2) is 4.79 Å². The molecule has 2 amide bonds. The first kappa shape index (κ1) is 15.7. The summed E-state index contributed by atoms with van der Waals surface area (Å²) < 4.78 is 0. The van der Waals surface area contributed by atoms with E-state index in [9.17, 15) is 14.9 Å². The zero-order valence-electron chi connectivity index (χ0n) is 11.7. The van der Waals surface area contributed by atoms with Gasteiger partial charge in [0.1, 0.15) is 5.02 Å². The molecule has 0 aliphatic rings. The second kappa shape index (κ2) is 6.86. The number of nitrogens with one attached hydrogen (secondary N) is 1. The molecule has 1 aromatic carbocycles. The predicted molar refractivity (Wildman–Crippen MR) is 82.8 cm³/mol. The highest BCUT2D eigenvalue weighted by atomic mass is 35.5. The third-order valence-corrected chi connectivity index (χ3v) is 3.19. The maximum atomic E-state index is 12.1. The fraction of sp³-hybridized carbons (Fsp3) is 0.143. The van der Waals surface area contributed by atoms with Gasteiger partial charge in [-0.1, -0.05) is 17.7 Å². The summed E-state index contributed by atoms with van der Waals surface area (Å²) in [4.78, 5) is 27.8. The minimum Gasteiger partial charge on any atom is -0.322 e. The second-order valence-electron chi connectivity index (χ2n) is 4.53. The lowest BCUT2D eigenvalue weighted by Crippen LogP contribution is -2.31. The average Bonchev–Trinajstić information content (AvgIpc) is 2.49. The first-order valence-electron chi connectivity index (χ1n) is 6.33. The lowest BCUT2D eigenvalue weighted by Gasteiger charge is -2.17. The van der Waals surface area contributed by atoms with Gasteiger partial charge >= 0.3 is 6.03 Å². The average molecular weight is 321 g/mol. The number of hydrogen-bond donors (Lipinski definition) is 1. The number of urea groups is 1. The third kappa shape index (κ3) is 3.92. The molecular formula is C14H13ClN4O3. The van der Waals surface area contributed by atoms with Crippen molar-refractivity contribution in [3.05, 3.63) is 63.4 Å². The largest absolute Gasteiger partial charge is 0.322 e. The van der Waals surface area contributed by atoms with E-state index in [1.54, 1.807) is 25.4 Å². The van der Waals surface area contributed by atoms with Gasteiger partial charge in [0, 0.05) is 25.0 Å². The molecule has 0 fully saturated rings. The SMILES string of the molecule is CN(Cc1ccccn1)C(=O)Nc1ccc(Cl)c([N+](=O)[O-])c1. The maximum Gasteiger partial charge on any atom is 0.321 e. The Balaban J connectivity index is 2.05. The van der Waals surface area contributed by atoms with Gasteiger partial charge in [0.05, 0.1) is 17.2 Å². The van der Waals surface area contributed by atoms with Crippen LogP contribution in [0, 0.1) is 10.1 Å². The molecule has 0 aliphatic heterocycles. The Kier molecular flexibility index (Phi) is 4.90. The molecular weight excluding hydrogens is 308 g/mol. The Bertz CT molecular complexity index is 694. The van der Waals surface area contributed by atoms with Crippen LogP contribution in [0.25, 0.3) is 0 Å². The minimum atomic E-state index is -0.602. The monoisotopic (exact) mass is 320 g/mol. The Morgan fingerprint density at radius 1 is 1.41 bits per heavy atom. The van der Waals surface area contributed by atoms with Crippen LogP contribution in [0.2, 0.25) is 5.02 Å². The number of carbonyl (C=O) groups excluding carboxylic acids is 1. The smallest absolute Gasteiger partial charge is 0.321 e. The molecule has 1 aromatic heterocycles. The molecule has 114 valence electrons. The van der Waals surface area contributed by atoms with E-state index in [1.807, 2.05) is 6.07 Å². The quantitative estimate of drug-likeness (QED) is 0.691. The number of nitrogens with zero attached hydrogens (tertiary/aromatic N) is 3. The maximum absolute atomic E-state index is 12.1. The highest BCUT2D eigenvalue weighted by Crippen LogP contribution is 2.27. The molecule has 0 aliphatic carbocycles. The van der Waals surface area contributed by atoms with Crippen molar-refractivity contribution in [2.45, 2.75) is 6.54 Å². The van der Waals surface area contributed by atoms with Crippen molar-refractivity contribution in [1.82, 2.24) is 9.88 Å². The first-order chi connectivity index (χ1) is 10.5. The summed E-state index contributed by atoms with van der Waals surface area (Å²) in [5, 5.41) is 13.4. The van der Waals surface area contributed by atoms with Crippen LogP contribution >= 0.6 is 11.6 Å². The van der Waals surface area contributed by atoms with Gasteiger partial charge < -0.3 is 10.2 Å². The Labute approximate surface area is 131 Å². The van der Waals surface area contributed by atoms with Crippen LogP contribution in [-0.2, 0) is 6.54 Å². The van der Waals surface area contributed by atoms with Crippen LogP contribution < -0.4 is 5.32 Å². The van der Waals surface area contributed by atoms with E-state index in [0.29, 0.717) is 12.2 Å². The third-order valence-electron chi connectivity index (χ3n) is 2.87.